The molecule has 0 radical (unpaired) electrons. The van der Waals surface area contributed by atoms with E-state index in [1.807, 2.05) is 0 Å². The molecule has 0 saturated carbocycles. The second kappa shape index (κ2) is 6.88. The van der Waals surface area contributed by atoms with E-state index in [0.29, 0.717) is 11.0 Å². The number of methoxy groups -OCH3 is 1. The van der Waals surface area contributed by atoms with Crippen molar-refractivity contribution in [2.24, 2.45) is 0 Å². The van der Waals surface area contributed by atoms with Crippen LogP contribution in [0.25, 0.3) is 11.0 Å². The van der Waals surface area contributed by atoms with E-state index in [1.165, 1.54) is 19.2 Å². The van der Waals surface area contributed by atoms with Gasteiger partial charge in [-0.15, -0.1) is 0 Å². The maximum atomic E-state index is 12.2. The molecule has 7 heteroatoms. The fourth-order valence-electron chi connectivity index (χ4n) is 2.31. The van der Waals surface area contributed by atoms with Gasteiger partial charge in [-0.25, -0.2) is 9.59 Å². The predicted octanol–water partition coefficient (Wildman–Crippen LogP) is 3.22. The Morgan fingerprint density at radius 3 is 2.52 bits per heavy atom. The van der Waals surface area contributed by atoms with Gasteiger partial charge in [-0.1, -0.05) is 24.3 Å². The Labute approximate surface area is 142 Å². The van der Waals surface area contributed by atoms with E-state index in [4.69, 9.17) is 4.42 Å². The van der Waals surface area contributed by atoms with E-state index >= 15 is 0 Å². The van der Waals surface area contributed by atoms with Crippen LogP contribution < -0.4 is 16.1 Å². The Kier molecular flexibility index (Phi) is 4.47. The molecule has 25 heavy (non-hydrogen) atoms. The van der Waals surface area contributed by atoms with Crippen LogP contribution in [-0.4, -0.2) is 19.1 Å². The Balaban J connectivity index is 1.82. The fraction of sp³-hybridized carbons (Fsp3) is 0.0556. The van der Waals surface area contributed by atoms with Crippen molar-refractivity contribution in [3.8, 4) is 0 Å². The minimum atomic E-state index is -0.658. The molecule has 0 fully saturated rings. The molecule has 0 aliphatic rings. The van der Waals surface area contributed by atoms with Crippen LogP contribution in [0.3, 0.4) is 0 Å². The number of ether oxygens (including phenoxy) is 1. The third-order valence-electron chi connectivity index (χ3n) is 3.45. The SMILES string of the molecule is COC(=O)c1ccccc1NC(=O)Nc1cc(=O)c2ccccc2o1. The predicted molar refractivity (Wildman–Crippen MR) is 92.9 cm³/mol. The molecule has 0 aliphatic carbocycles. The molecule has 2 N–H and O–H groups in total. The van der Waals surface area contributed by atoms with E-state index in [0.717, 1.165) is 0 Å². The second-order valence-corrected chi connectivity index (χ2v) is 5.09. The molecule has 3 aromatic rings. The first-order valence-corrected chi connectivity index (χ1v) is 7.37. The highest BCUT2D eigenvalue weighted by atomic mass is 16.5. The van der Waals surface area contributed by atoms with Crippen LogP contribution in [0.15, 0.2) is 63.8 Å². The van der Waals surface area contributed by atoms with Gasteiger partial charge in [0.1, 0.15) is 5.58 Å². The molecule has 0 unspecified atom stereocenters. The van der Waals surface area contributed by atoms with Crippen molar-refractivity contribution in [3.05, 3.63) is 70.4 Å². The highest BCUT2D eigenvalue weighted by Crippen LogP contribution is 2.18. The molecule has 0 bridgehead atoms. The zero-order valence-corrected chi connectivity index (χ0v) is 13.2. The van der Waals surface area contributed by atoms with E-state index in [1.54, 1.807) is 42.5 Å². The quantitative estimate of drug-likeness (QED) is 0.715. The molecule has 0 aliphatic heterocycles. The van der Waals surface area contributed by atoms with Crippen LogP contribution in [0, 0.1) is 0 Å². The zero-order valence-electron chi connectivity index (χ0n) is 13.2. The largest absolute Gasteiger partial charge is 0.465 e. The number of urea groups is 1. The smallest absolute Gasteiger partial charge is 0.339 e. The van der Waals surface area contributed by atoms with E-state index in [9.17, 15) is 14.4 Å². The number of hydrogen-bond donors (Lipinski definition) is 2. The van der Waals surface area contributed by atoms with Crippen molar-refractivity contribution in [2.75, 3.05) is 17.7 Å². The van der Waals surface area contributed by atoms with Crippen LogP contribution in [-0.2, 0) is 4.74 Å². The summed E-state index contributed by atoms with van der Waals surface area (Å²) in [6.45, 7) is 0. The van der Waals surface area contributed by atoms with Crippen LogP contribution in [0.2, 0.25) is 0 Å². The number of rotatable bonds is 3. The van der Waals surface area contributed by atoms with Crippen molar-refractivity contribution in [1.82, 2.24) is 0 Å². The topological polar surface area (TPSA) is 97.6 Å². The highest BCUT2D eigenvalue weighted by molar-refractivity contribution is 6.04. The van der Waals surface area contributed by atoms with Crippen molar-refractivity contribution in [3.63, 3.8) is 0 Å². The number of hydrogen-bond acceptors (Lipinski definition) is 5. The van der Waals surface area contributed by atoms with E-state index < -0.39 is 12.0 Å². The first-order valence-electron chi connectivity index (χ1n) is 7.37. The number of fused-ring (bicyclic) bond motifs is 1. The minimum absolute atomic E-state index is 0.00301. The molecule has 3 rings (SSSR count). The van der Waals surface area contributed by atoms with Gasteiger partial charge in [0.2, 0.25) is 5.88 Å². The zero-order chi connectivity index (χ0) is 17.8. The summed E-state index contributed by atoms with van der Waals surface area (Å²) in [4.78, 5) is 35.9. The van der Waals surface area contributed by atoms with Crippen LogP contribution in [0.1, 0.15) is 10.4 Å². The molecule has 0 atom stereocenters. The summed E-state index contributed by atoms with van der Waals surface area (Å²) in [5, 5.41) is 5.39. The molecule has 2 aromatic carbocycles. The van der Waals surface area contributed by atoms with Gasteiger partial charge < -0.3 is 14.5 Å². The van der Waals surface area contributed by atoms with Crippen LogP contribution in [0.5, 0.6) is 0 Å². The fourth-order valence-corrected chi connectivity index (χ4v) is 2.31. The number of carbonyl (C=O) groups excluding carboxylic acids is 2. The summed E-state index contributed by atoms with van der Waals surface area (Å²) in [5.41, 5.74) is 0.572. The minimum Gasteiger partial charge on any atom is -0.465 e. The van der Waals surface area contributed by atoms with Gasteiger partial charge in [0.15, 0.2) is 5.43 Å². The van der Waals surface area contributed by atoms with Gasteiger partial charge in [0.05, 0.1) is 23.7 Å². The van der Waals surface area contributed by atoms with Gasteiger partial charge in [0.25, 0.3) is 0 Å². The summed E-state index contributed by atoms with van der Waals surface area (Å²) in [6, 6.07) is 13.6. The average molecular weight is 338 g/mol. The Morgan fingerprint density at radius 1 is 1.00 bits per heavy atom. The van der Waals surface area contributed by atoms with Crippen molar-refractivity contribution < 1.29 is 18.7 Å². The average Bonchev–Trinajstić information content (AvgIpc) is 2.61. The normalized spacial score (nSPS) is 10.3. The first-order chi connectivity index (χ1) is 12.1. The number of esters is 1. The van der Waals surface area contributed by atoms with Gasteiger partial charge >= 0.3 is 12.0 Å². The third-order valence-corrected chi connectivity index (χ3v) is 3.45. The number of carbonyl (C=O) groups is 2. The summed E-state index contributed by atoms with van der Waals surface area (Å²) < 4.78 is 10.2. The maximum absolute atomic E-state index is 12.2. The molecular weight excluding hydrogens is 324 g/mol. The Hall–Kier alpha value is -3.61. The Morgan fingerprint density at radius 2 is 1.72 bits per heavy atom. The second-order valence-electron chi connectivity index (χ2n) is 5.09. The van der Waals surface area contributed by atoms with Gasteiger partial charge in [-0.2, -0.15) is 0 Å². The summed E-state index contributed by atoms with van der Waals surface area (Å²) in [7, 11) is 1.25. The molecule has 1 heterocycles. The van der Waals surface area contributed by atoms with Crippen LogP contribution in [0.4, 0.5) is 16.4 Å². The highest BCUT2D eigenvalue weighted by Gasteiger charge is 2.14. The molecular formula is C18H14N2O5. The molecule has 2 amide bonds. The van der Waals surface area contributed by atoms with Gasteiger partial charge in [-0.3, -0.25) is 10.1 Å². The maximum Gasteiger partial charge on any atom is 0.339 e. The van der Waals surface area contributed by atoms with Gasteiger partial charge in [-0.05, 0) is 24.3 Å². The summed E-state index contributed by atoms with van der Waals surface area (Å²) in [5.74, 6) is -0.579. The monoisotopic (exact) mass is 338 g/mol. The van der Waals surface area contributed by atoms with Crippen molar-refractivity contribution in [2.45, 2.75) is 0 Å². The number of anilines is 2. The lowest BCUT2D eigenvalue weighted by Crippen LogP contribution is -2.22. The van der Waals surface area contributed by atoms with E-state index in [2.05, 4.69) is 15.4 Å². The first kappa shape index (κ1) is 16.3. The lowest BCUT2D eigenvalue weighted by molar-refractivity contribution is 0.0602. The number of amides is 2. The summed E-state index contributed by atoms with van der Waals surface area (Å²) >= 11 is 0. The standard InChI is InChI=1S/C18H14N2O5/c1-24-17(22)11-6-2-4-8-13(11)19-18(23)20-16-10-14(21)12-7-3-5-9-15(12)25-16/h2-10H,1H3,(H2,19,20,23). The van der Waals surface area contributed by atoms with Crippen molar-refractivity contribution in [1.29, 1.82) is 0 Å². The molecule has 1 aromatic heterocycles. The van der Waals surface area contributed by atoms with Gasteiger partial charge in [0, 0.05) is 6.07 Å². The van der Waals surface area contributed by atoms with E-state index in [-0.39, 0.29) is 22.6 Å². The Bertz CT molecular complexity index is 1010. The molecule has 0 spiro atoms. The molecule has 7 nitrogen and oxygen atoms in total. The lowest BCUT2D eigenvalue weighted by atomic mass is 10.2. The van der Waals surface area contributed by atoms with Crippen LogP contribution >= 0.6 is 0 Å². The molecule has 126 valence electrons. The number of para-hydroxylation sites is 2. The summed E-state index contributed by atoms with van der Waals surface area (Å²) in [6.07, 6.45) is 0. The number of benzene rings is 2. The lowest BCUT2D eigenvalue weighted by Gasteiger charge is -2.10. The number of nitrogens with one attached hydrogen (secondary N) is 2. The molecule has 0 saturated heterocycles. The van der Waals surface area contributed by atoms with Crippen molar-refractivity contribution >= 4 is 34.5 Å². The third kappa shape index (κ3) is 3.50.